The highest BCUT2D eigenvalue weighted by atomic mass is 16.3. The fourth-order valence-electron chi connectivity index (χ4n) is 2.42. The van der Waals surface area contributed by atoms with Crippen LogP contribution in [0.5, 0.6) is 5.75 Å². The van der Waals surface area contributed by atoms with E-state index < -0.39 is 11.8 Å². The van der Waals surface area contributed by atoms with Crippen LogP contribution in [-0.4, -0.2) is 71.2 Å². The third-order valence-electron chi connectivity index (χ3n) is 3.73. The number of carbonyl (C=O) groups excluding carboxylic acids is 2. The van der Waals surface area contributed by atoms with E-state index in [4.69, 9.17) is 5.11 Å². The molecule has 120 valence electrons. The number of piperazine rings is 1. The van der Waals surface area contributed by atoms with E-state index in [0.717, 1.165) is 0 Å². The van der Waals surface area contributed by atoms with Crippen LogP contribution in [-0.2, 0) is 9.59 Å². The zero-order valence-corrected chi connectivity index (χ0v) is 12.6. The number of nitrogens with one attached hydrogen (secondary N) is 1. The first-order chi connectivity index (χ1) is 10.5. The quantitative estimate of drug-likeness (QED) is 0.530. The molecule has 1 saturated heterocycles. The number of aliphatic hydroxyl groups is 1. The largest absolute Gasteiger partial charge is 0.508 e. The molecule has 7 heteroatoms. The number of hydrogen-bond donors (Lipinski definition) is 3. The van der Waals surface area contributed by atoms with Crippen LogP contribution in [0.3, 0.4) is 0 Å². The number of phenols is 1. The molecule has 1 aromatic rings. The number of aromatic hydroxyl groups is 1. The second-order valence-corrected chi connectivity index (χ2v) is 5.31. The summed E-state index contributed by atoms with van der Waals surface area (Å²) in [5, 5.41) is 20.8. The van der Waals surface area contributed by atoms with E-state index >= 15 is 0 Å². The van der Waals surface area contributed by atoms with Gasteiger partial charge in [-0.05, 0) is 30.7 Å². The average molecular weight is 307 g/mol. The van der Waals surface area contributed by atoms with E-state index in [1.807, 2.05) is 4.90 Å². The van der Waals surface area contributed by atoms with Crippen LogP contribution in [0.1, 0.15) is 5.56 Å². The highest BCUT2D eigenvalue weighted by Gasteiger charge is 2.26. The summed E-state index contributed by atoms with van der Waals surface area (Å²) in [6, 6.07) is 4.55. The normalized spacial score (nSPS) is 15.6. The smallest absolute Gasteiger partial charge is 0.313 e. The van der Waals surface area contributed by atoms with E-state index in [-0.39, 0.29) is 12.4 Å². The van der Waals surface area contributed by atoms with E-state index in [1.54, 1.807) is 13.0 Å². The molecule has 3 N–H and O–H groups in total. The molecule has 1 aliphatic rings. The van der Waals surface area contributed by atoms with E-state index in [0.29, 0.717) is 44.0 Å². The lowest BCUT2D eigenvalue weighted by Crippen LogP contribution is -2.52. The number of anilines is 1. The molecule has 1 aliphatic heterocycles. The standard InChI is InChI=1S/C15H21N3O4/c1-11-10-12(20)2-3-13(11)16-14(21)15(22)18-6-4-17(5-7-18)8-9-19/h2-3,10,19-20H,4-9H2,1H3,(H,16,21). The third kappa shape index (κ3) is 3.96. The molecule has 0 unspecified atom stereocenters. The SMILES string of the molecule is Cc1cc(O)ccc1NC(=O)C(=O)N1CCN(CCO)CC1. The second-order valence-electron chi connectivity index (χ2n) is 5.31. The number of aryl methyl sites for hydroxylation is 1. The van der Waals surface area contributed by atoms with Crippen molar-refractivity contribution in [1.29, 1.82) is 0 Å². The Hall–Kier alpha value is -2.12. The highest BCUT2D eigenvalue weighted by Crippen LogP contribution is 2.20. The number of hydrogen-bond acceptors (Lipinski definition) is 5. The lowest BCUT2D eigenvalue weighted by atomic mass is 10.2. The van der Waals surface area contributed by atoms with Gasteiger partial charge in [0.1, 0.15) is 5.75 Å². The van der Waals surface area contributed by atoms with Gasteiger partial charge in [0.2, 0.25) is 0 Å². The lowest BCUT2D eigenvalue weighted by molar-refractivity contribution is -0.144. The minimum atomic E-state index is -0.676. The summed E-state index contributed by atoms with van der Waals surface area (Å²) in [6.45, 7) is 4.67. The summed E-state index contributed by atoms with van der Waals surface area (Å²) in [6.07, 6.45) is 0. The summed E-state index contributed by atoms with van der Waals surface area (Å²) < 4.78 is 0. The Morgan fingerprint density at radius 2 is 1.91 bits per heavy atom. The van der Waals surface area contributed by atoms with Crippen molar-refractivity contribution < 1.29 is 19.8 Å². The van der Waals surface area contributed by atoms with Gasteiger partial charge in [-0.25, -0.2) is 0 Å². The number of rotatable bonds is 3. The number of nitrogens with zero attached hydrogens (tertiary/aromatic N) is 2. The maximum Gasteiger partial charge on any atom is 0.313 e. The van der Waals surface area contributed by atoms with Gasteiger partial charge in [0.25, 0.3) is 0 Å². The van der Waals surface area contributed by atoms with Crippen LogP contribution in [0.15, 0.2) is 18.2 Å². The summed E-state index contributed by atoms with van der Waals surface area (Å²) >= 11 is 0. The fourth-order valence-corrected chi connectivity index (χ4v) is 2.42. The monoisotopic (exact) mass is 307 g/mol. The third-order valence-corrected chi connectivity index (χ3v) is 3.73. The van der Waals surface area contributed by atoms with Gasteiger partial charge in [-0.1, -0.05) is 0 Å². The Labute approximate surface area is 129 Å². The molecule has 1 heterocycles. The number of benzene rings is 1. The molecular weight excluding hydrogens is 286 g/mol. The molecule has 0 radical (unpaired) electrons. The lowest BCUT2D eigenvalue weighted by Gasteiger charge is -2.33. The molecular formula is C15H21N3O4. The Morgan fingerprint density at radius 1 is 1.23 bits per heavy atom. The molecule has 0 spiro atoms. The van der Waals surface area contributed by atoms with Crippen molar-refractivity contribution in [1.82, 2.24) is 9.80 Å². The van der Waals surface area contributed by atoms with Crippen LogP contribution < -0.4 is 5.32 Å². The first-order valence-electron chi connectivity index (χ1n) is 7.24. The van der Waals surface area contributed by atoms with Crippen LogP contribution in [0.4, 0.5) is 5.69 Å². The number of β-amino-alcohol motifs (C(OH)–C–C–N with tert-alkyl or cyclic N) is 1. The van der Waals surface area contributed by atoms with Crippen molar-refractivity contribution in [2.75, 3.05) is 44.6 Å². The molecule has 0 saturated carbocycles. The zero-order chi connectivity index (χ0) is 16.1. The van der Waals surface area contributed by atoms with Crippen molar-refractivity contribution in [3.8, 4) is 5.75 Å². The maximum atomic E-state index is 12.1. The highest BCUT2D eigenvalue weighted by molar-refractivity contribution is 6.39. The summed E-state index contributed by atoms with van der Waals surface area (Å²) in [7, 11) is 0. The van der Waals surface area contributed by atoms with Crippen LogP contribution in [0, 0.1) is 6.92 Å². The van der Waals surface area contributed by atoms with Crippen molar-refractivity contribution in [2.24, 2.45) is 0 Å². The molecule has 0 aliphatic carbocycles. The van der Waals surface area contributed by atoms with Gasteiger partial charge < -0.3 is 20.4 Å². The number of phenolic OH excluding ortho intramolecular Hbond substituents is 1. The maximum absolute atomic E-state index is 12.1. The number of carbonyl (C=O) groups is 2. The van der Waals surface area contributed by atoms with Crippen LogP contribution in [0.2, 0.25) is 0 Å². The molecule has 0 atom stereocenters. The van der Waals surface area contributed by atoms with E-state index in [9.17, 15) is 14.7 Å². The molecule has 1 fully saturated rings. The summed E-state index contributed by atoms with van der Waals surface area (Å²) in [5.74, 6) is -1.12. The molecule has 7 nitrogen and oxygen atoms in total. The molecule has 2 rings (SSSR count). The zero-order valence-electron chi connectivity index (χ0n) is 12.6. The van der Waals surface area contributed by atoms with Crippen molar-refractivity contribution >= 4 is 17.5 Å². The van der Waals surface area contributed by atoms with Crippen molar-refractivity contribution in [3.05, 3.63) is 23.8 Å². The molecule has 0 bridgehead atoms. The predicted octanol–water partition coefficient (Wildman–Crippen LogP) is -0.224. The van der Waals surface area contributed by atoms with Gasteiger partial charge in [-0.15, -0.1) is 0 Å². The van der Waals surface area contributed by atoms with Gasteiger partial charge in [0.05, 0.1) is 6.61 Å². The van der Waals surface area contributed by atoms with Gasteiger partial charge in [0.15, 0.2) is 0 Å². The molecule has 22 heavy (non-hydrogen) atoms. The molecule has 1 aromatic carbocycles. The van der Waals surface area contributed by atoms with Crippen molar-refractivity contribution in [2.45, 2.75) is 6.92 Å². The van der Waals surface area contributed by atoms with Crippen LogP contribution >= 0.6 is 0 Å². The predicted molar refractivity (Wildman–Crippen MR) is 81.6 cm³/mol. The first-order valence-corrected chi connectivity index (χ1v) is 7.24. The first kappa shape index (κ1) is 16.3. The van der Waals surface area contributed by atoms with Gasteiger partial charge in [-0.3, -0.25) is 14.5 Å². The topological polar surface area (TPSA) is 93.1 Å². The summed E-state index contributed by atoms with van der Waals surface area (Å²) in [5.41, 5.74) is 1.20. The molecule has 0 aromatic heterocycles. The van der Waals surface area contributed by atoms with Gasteiger partial charge in [-0.2, -0.15) is 0 Å². The Kier molecular flexibility index (Phi) is 5.35. The minimum absolute atomic E-state index is 0.0918. The van der Waals surface area contributed by atoms with Gasteiger partial charge >= 0.3 is 11.8 Å². The molecule has 2 amide bonds. The Balaban J connectivity index is 1.91. The van der Waals surface area contributed by atoms with E-state index in [1.165, 1.54) is 17.0 Å². The minimum Gasteiger partial charge on any atom is -0.508 e. The number of aliphatic hydroxyl groups excluding tert-OH is 1. The fraction of sp³-hybridized carbons (Fsp3) is 0.467. The van der Waals surface area contributed by atoms with Crippen LogP contribution in [0.25, 0.3) is 0 Å². The van der Waals surface area contributed by atoms with Gasteiger partial charge in [0, 0.05) is 38.4 Å². The average Bonchev–Trinajstić information content (AvgIpc) is 2.50. The Bertz CT molecular complexity index is 554. The Morgan fingerprint density at radius 3 is 2.50 bits per heavy atom. The van der Waals surface area contributed by atoms with Crippen molar-refractivity contribution in [3.63, 3.8) is 0 Å². The number of amides is 2. The summed E-state index contributed by atoms with van der Waals surface area (Å²) in [4.78, 5) is 27.7. The van der Waals surface area contributed by atoms with E-state index in [2.05, 4.69) is 5.32 Å². The second kappa shape index (κ2) is 7.24.